The Morgan fingerprint density at radius 2 is 2.10 bits per heavy atom. The smallest absolute Gasteiger partial charge is 0.214 e. The van der Waals surface area contributed by atoms with Crippen LogP contribution in [-0.2, 0) is 0 Å². The van der Waals surface area contributed by atoms with Crippen LogP contribution in [0.5, 0.6) is 5.75 Å². The van der Waals surface area contributed by atoms with E-state index in [1.54, 1.807) is 24.1 Å². The zero-order chi connectivity index (χ0) is 14.9. The molecule has 0 aliphatic carbocycles. The van der Waals surface area contributed by atoms with Crippen molar-refractivity contribution in [3.8, 4) is 5.75 Å². The van der Waals surface area contributed by atoms with Crippen LogP contribution < -0.4 is 4.74 Å². The largest absolute Gasteiger partial charge is 0.493 e. The number of methoxy groups -OCH3 is 1. The normalized spacial score (nSPS) is 10.9. The van der Waals surface area contributed by atoms with Gasteiger partial charge in [0.25, 0.3) is 0 Å². The van der Waals surface area contributed by atoms with Gasteiger partial charge in [-0.3, -0.25) is 9.48 Å². The lowest BCUT2D eigenvalue weighted by molar-refractivity contribution is 0.102. The van der Waals surface area contributed by atoms with Crippen LogP contribution in [0.4, 0.5) is 0 Å². The molecule has 106 valence electrons. The number of ether oxygens (including phenoxy) is 1. The number of hydrogen-bond acceptors (Lipinski definition) is 3. The Kier molecular flexibility index (Phi) is 4.28. The number of hydrogen-bond donors (Lipinski definition) is 0. The van der Waals surface area contributed by atoms with Crippen molar-refractivity contribution in [2.75, 3.05) is 7.11 Å². The van der Waals surface area contributed by atoms with E-state index in [9.17, 15) is 4.79 Å². The molecule has 0 amide bonds. The lowest BCUT2D eigenvalue weighted by atomic mass is 10.1. The number of aromatic nitrogens is 2. The van der Waals surface area contributed by atoms with Gasteiger partial charge in [0.05, 0.1) is 13.3 Å². The maximum absolute atomic E-state index is 12.7. The summed E-state index contributed by atoms with van der Waals surface area (Å²) in [6.45, 7) is 5.92. The molecule has 20 heavy (non-hydrogen) atoms. The number of rotatable bonds is 4. The van der Waals surface area contributed by atoms with Gasteiger partial charge in [-0.25, -0.2) is 0 Å². The summed E-state index contributed by atoms with van der Waals surface area (Å²) >= 11 is 3.44. The number of carbonyl (C=O) groups excluding carboxylic acids is 1. The van der Waals surface area contributed by atoms with E-state index < -0.39 is 0 Å². The van der Waals surface area contributed by atoms with Gasteiger partial charge in [0.1, 0.15) is 0 Å². The average molecular weight is 337 g/mol. The first-order valence-electron chi connectivity index (χ1n) is 6.38. The predicted molar refractivity (Wildman–Crippen MR) is 81.5 cm³/mol. The first-order chi connectivity index (χ1) is 9.45. The van der Waals surface area contributed by atoms with Gasteiger partial charge in [0.15, 0.2) is 11.4 Å². The van der Waals surface area contributed by atoms with Gasteiger partial charge >= 0.3 is 0 Å². The minimum Gasteiger partial charge on any atom is -0.493 e. The van der Waals surface area contributed by atoms with Gasteiger partial charge in [-0.05, 0) is 44.5 Å². The molecule has 0 unspecified atom stereocenters. The number of carbonyl (C=O) groups is 1. The minimum absolute atomic E-state index is 0.0800. The van der Waals surface area contributed by atoms with Crippen molar-refractivity contribution in [1.29, 1.82) is 0 Å². The molecule has 0 saturated carbocycles. The van der Waals surface area contributed by atoms with E-state index >= 15 is 0 Å². The fourth-order valence-electron chi connectivity index (χ4n) is 2.03. The fraction of sp³-hybridized carbons (Fsp3) is 0.333. The Hall–Kier alpha value is -1.62. The van der Waals surface area contributed by atoms with Gasteiger partial charge in [-0.1, -0.05) is 15.9 Å². The predicted octanol–water partition coefficient (Wildman–Crippen LogP) is 3.77. The zero-order valence-electron chi connectivity index (χ0n) is 12.0. The molecular formula is C15H17BrN2O2. The molecule has 0 aliphatic heterocycles. The highest BCUT2D eigenvalue weighted by Gasteiger charge is 2.22. The Morgan fingerprint density at radius 1 is 1.40 bits per heavy atom. The molecule has 1 aromatic heterocycles. The van der Waals surface area contributed by atoms with Gasteiger partial charge in [0, 0.05) is 16.1 Å². The molecule has 4 nitrogen and oxygen atoms in total. The highest BCUT2D eigenvalue weighted by molar-refractivity contribution is 9.10. The van der Waals surface area contributed by atoms with E-state index in [2.05, 4.69) is 21.0 Å². The lowest BCUT2D eigenvalue weighted by Gasteiger charge is -2.12. The highest BCUT2D eigenvalue weighted by Crippen LogP contribution is 2.25. The summed E-state index contributed by atoms with van der Waals surface area (Å²) in [5.74, 6) is 0.424. The van der Waals surface area contributed by atoms with Crippen LogP contribution in [0.1, 0.15) is 41.5 Å². The molecule has 0 N–H and O–H groups in total. The molecule has 0 spiro atoms. The van der Waals surface area contributed by atoms with Crippen LogP contribution in [0.15, 0.2) is 28.9 Å². The number of ketones is 1. The van der Waals surface area contributed by atoms with Crippen molar-refractivity contribution >= 4 is 21.7 Å². The number of aryl methyl sites for hydroxylation is 1. The van der Waals surface area contributed by atoms with E-state index in [1.807, 2.05) is 32.9 Å². The van der Waals surface area contributed by atoms with Crippen LogP contribution in [0, 0.1) is 6.92 Å². The summed E-state index contributed by atoms with van der Waals surface area (Å²) in [7, 11) is 1.55. The lowest BCUT2D eigenvalue weighted by Crippen LogP contribution is -2.14. The van der Waals surface area contributed by atoms with Crippen molar-refractivity contribution in [3.63, 3.8) is 0 Å². The maximum Gasteiger partial charge on any atom is 0.214 e. The van der Waals surface area contributed by atoms with Crippen LogP contribution in [-0.4, -0.2) is 22.7 Å². The molecule has 0 radical (unpaired) electrons. The van der Waals surface area contributed by atoms with Gasteiger partial charge in [-0.15, -0.1) is 0 Å². The third kappa shape index (κ3) is 2.63. The Labute approximate surface area is 126 Å². The molecule has 2 rings (SSSR count). The third-order valence-corrected chi connectivity index (χ3v) is 4.00. The summed E-state index contributed by atoms with van der Waals surface area (Å²) in [5.41, 5.74) is 2.14. The summed E-state index contributed by atoms with van der Waals surface area (Å²) in [4.78, 5) is 12.7. The summed E-state index contributed by atoms with van der Waals surface area (Å²) < 4.78 is 7.94. The minimum atomic E-state index is -0.0800. The molecule has 0 atom stereocenters. The van der Waals surface area contributed by atoms with Crippen LogP contribution in [0.3, 0.4) is 0 Å². The second kappa shape index (κ2) is 5.79. The molecule has 0 bridgehead atoms. The van der Waals surface area contributed by atoms with Crippen molar-refractivity contribution < 1.29 is 9.53 Å². The maximum atomic E-state index is 12.7. The molecule has 0 saturated heterocycles. The first kappa shape index (κ1) is 14.8. The Bertz CT molecular complexity index is 647. The Balaban J connectivity index is 2.52. The molecule has 1 aromatic carbocycles. The van der Waals surface area contributed by atoms with E-state index in [4.69, 9.17) is 4.74 Å². The van der Waals surface area contributed by atoms with Gasteiger partial charge < -0.3 is 4.74 Å². The average Bonchev–Trinajstić information content (AvgIpc) is 2.85. The van der Waals surface area contributed by atoms with Crippen molar-refractivity contribution in [2.45, 2.75) is 26.8 Å². The molecule has 0 fully saturated rings. The van der Waals surface area contributed by atoms with Crippen molar-refractivity contribution in [2.24, 2.45) is 0 Å². The van der Waals surface area contributed by atoms with E-state index in [1.165, 1.54) is 0 Å². The number of benzene rings is 1. The van der Waals surface area contributed by atoms with Crippen molar-refractivity contribution in [3.05, 3.63) is 45.7 Å². The highest BCUT2D eigenvalue weighted by atomic mass is 79.9. The topological polar surface area (TPSA) is 44.1 Å². The van der Waals surface area contributed by atoms with Crippen molar-refractivity contribution in [1.82, 2.24) is 9.78 Å². The van der Waals surface area contributed by atoms with Gasteiger partial charge in [-0.2, -0.15) is 5.10 Å². The number of nitrogens with zero attached hydrogens (tertiary/aromatic N) is 2. The fourth-order valence-corrected chi connectivity index (χ4v) is 2.27. The molecule has 1 heterocycles. The van der Waals surface area contributed by atoms with E-state index in [0.29, 0.717) is 17.0 Å². The summed E-state index contributed by atoms with van der Waals surface area (Å²) in [6, 6.07) is 5.64. The SMILES string of the molecule is COc1cnn(C(C)C)c1C(=O)c1ccc(Br)c(C)c1. The van der Waals surface area contributed by atoms with Crippen LogP contribution in [0.2, 0.25) is 0 Å². The quantitative estimate of drug-likeness (QED) is 0.798. The molecule has 2 aromatic rings. The Morgan fingerprint density at radius 3 is 2.65 bits per heavy atom. The second-order valence-corrected chi connectivity index (χ2v) is 5.75. The third-order valence-electron chi connectivity index (χ3n) is 3.11. The standard InChI is InChI=1S/C15H17BrN2O2/c1-9(2)18-14(13(20-4)8-17-18)15(19)11-5-6-12(16)10(3)7-11/h5-9H,1-4H3. The zero-order valence-corrected chi connectivity index (χ0v) is 13.6. The second-order valence-electron chi connectivity index (χ2n) is 4.89. The number of halogens is 1. The van der Waals surface area contributed by atoms with E-state index in [0.717, 1.165) is 10.0 Å². The molecule has 5 heteroatoms. The van der Waals surface area contributed by atoms with Crippen LogP contribution in [0.25, 0.3) is 0 Å². The molecular weight excluding hydrogens is 320 g/mol. The van der Waals surface area contributed by atoms with Crippen LogP contribution >= 0.6 is 15.9 Å². The monoisotopic (exact) mass is 336 g/mol. The first-order valence-corrected chi connectivity index (χ1v) is 7.17. The summed E-state index contributed by atoms with van der Waals surface area (Å²) in [5, 5.41) is 4.23. The van der Waals surface area contributed by atoms with Gasteiger partial charge in [0.2, 0.25) is 5.78 Å². The van der Waals surface area contributed by atoms with E-state index in [-0.39, 0.29) is 11.8 Å². The summed E-state index contributed by atoms with van der Waals surface area (Å²) in [6.07, 6.45) is 1.58. The molecule has 0 aliphatic rings.